The molecule has 3 aromatic rings. The summed E-state index contributed by atoms with van der Waals surface area (Å²) in [5.74, 6) is -3.51. The van der Waals surface area contributed by atoms with Crippen LogP contribution in [-0.4, -0.2) is 47.1 Å². The second-order valence-corrected chi connectivity index (χ2v) is 7.32. The molecule has 6 nitrogen and oxygen atoms in total. The van der Waals surface area contributed by atoms with Crippen LogP contribution in [0.15, 0.2) is 48.7 Å². The minimum absolute atomic E-state index is 0.0169. The molecule has 0 radical (unpaired) electrons. The first-order chi connectivity index (χ1) is 14.4. The quantitative estimate of drug-likeness (QED) is 0.500. The molecule has 0 bridgehead atoms. The highest BCUT2D eigenvalue weighted by Gasteiger charge is 2.28. The van der Waals surface area contributed by atoms with Gasteiger partial charge in [-0.05, 0) is 30.5 Å². The predicted molar refractivity (Wildman–Crippen MR) is 106 cm³/mol. The van der Waals surface area contributed by atoms with Crippen molar-refractivity contribution in [2.75, 3.05) is 19.6 Å². The molecule has 0 spiro atoms. The molecule has 1 aliphatic rings. The number of rotatable bonds is 5. The number of amides is 2. The van der Waals surface area contributed by atoms with Crippen LogP contribution in [0.3, 0.4) is 0 Å². The molecule has 2 N–H and O–H groups in total. The van der Waals surface area contributed by atoms with Crippen molar-refractivity contribution in [1.82, 2.24) is 15.2 Å². The van der Waals surface area contributed by atoms with Gasteiger partial charge in [-0.25, -0.2) is 8.78 Å². The molecule has 2 heterocycles. The van der Waals surface area contributed by atoms with Crippen LogP contribution in [0.1, 0.15) is 27.1 Å². The van der Waals surface area contributed by atoms with E-state index in [-0.39, 0.29) is 34.8 Å². The van der Waals surface area contributed by atoms with E-state index < -0.39 is 23.3 Å². The van der Waals surface area contributed by atoms with Gasteiger partial charge in [0.1, 0.15) is 11.6 Å². The smallest absolute Gasteiger partial charge is 0.292 e. The Hall–Kier alpha value is -3.55. The summed E-state index contributed by atoms with van der Waals surface area (Å²) >= 11 is 0. The Morgan fingerprint density at radius 1 is 1.13 bits per heavy atom. The number of carbonyl (C=O) groups excluding carboxylic acids is 3. The van der Waals surface area contributed by atoms with Gasteiger partial charge in [0.05, 0.1) is 11.1 Å². The summed E-state index contributed by atoms with van der Waals surface area (Å²) in [5, 5.41) is 2.46. The van der Waals surface area contributed by atoms with Crippen molar-refractivity contribution in [1.29, 1.82) is 0 Å². The van der Waals surface area contributed by atoms with Gasteiger partial charge in [0.2, 0.25) is 0 Å². The van der Waals surface area contributed by atoms with E-state index in [9.17, 15) is 23.2 Å². The number of H-pyrrole nitrogens is 1. The molecule has 0 saturated carbocycles. The topological polar surface area (TPSA) is 82.3 Å². The summed E-state index contributed by atoms with van der Waals surface area (Å²) in [5.41, 5.74) is 0.567. The number of hydrogen-bond donors (Lipinski definition) is 2. The van der Waals surface area contributed by atoms with Crippen LogP contribution in [0.25, 0.3) is 10.9 Å². The molecule has 1 aliphatic heterocycles. The lowest BCUT2D eigenvalue weighted by molar-refractivity contribution is -0.117. The summed E-state index contributed by atoms with van der Waals surface area (Å²) in [6.45, 7) is 1.27. The highest BCUT2D eigenvalue weighted by Crippen LogP contribution is 2.24. The van der Waals surface area contributed by atoms with Gasteiger partial charge in [0.25, 0.3) is 17.6 Å². The predicted octanol–water partition coefficient (Wildman–Crippen LogP) is 2.91. The number of ketones is 1. The molecule has 8 heteroatoms. The van der Waals surface area contributed by atoms with Crippen LogP contribution in [0, 0.1) is 17.6 Å². The van der Waals surface area contributed by atoms with Crippen molar-refractivity contribution in [2.24, 2.45) is 5.92 Å². The summed E-state index contributed by atoms with van der Waals surface area (Å²) in [4.78, 5) is 41.6. The molecule has 154 valence electrons. The van der Waals surface area contributed by atoms with Crippen molar-refractivity contribution >= 4 is 28.5 Å². The number of likely N-dealkylation sites (tertiary alicyclic amines) is 1. The Morgan fingerprint density at radius 2 is 1.90 bits per heavy atom. The number of aromatic amines is 1. The highest BCUT2D eigenvalue weighted by molar-refractivity contribution is 6.45. The number of halogens is 2. The zero-order valence-corrected chi connectivity index (χ0v) is 16.0. The zero-order valence-electron chi connectivity index (χ0n) is 16.0. The van der Waals surface area contributed by atoms with Gasteiger partial charge in [-0.15, -0.1) is 0 Å². The molecule has 2 amide bonds. The molecule has 0 aliphatic carbocycles. The molecule has 30 heavy (non-hydrogen) atoms. The summed E-state index contributed by atoms with van der Waals surface area (Å²) in [6, 6.07) is 10.7. The fraction of sp³-hybridized carbons (Fsp3) is 0.227. The summed E-state index contributed by atoms with van der Waals surface area (Å²) in [7, 11) is 0. The molecule has 2 aromatic carbocycles. The number of Topliss-reactive ketones (excluding diaryl/α,β-unsaturated/α-hetero) is 1. The standard InChI is InChI=1S/C22H19F2N3O3/c23-15-8-17(24)19-16(11-25-18(19)9-15)20(28)21(29)26-10-13-6-7-27(12-13)22(30)14-4-2-1-3-5-14/h1-5,8-9,11,13,25H,6-7,10,12H2,(H,26,29). The molecule has 1 atom stereocenters. The molecule has 4 rings (SSSR count). The van der Waals surface area contributed by atoms with Gasteiger partial charge in [0, 0.05) is 42.8 Å². The van der Waals surface area contributed by atoms with E-state index in [1.807, 2.05) is 6.07 Å². The van der Waals surface area contributed by atoms with Gasteiger partial charge < -0.3 is 15.2 Å². The number of nitrogens with one attached hydrogen (secondary N) is 2. The monoisotopic (exact) mass is 411 g/mol. The van der Waals surface area contributed by atoms with Crippen LogP contribution in [0.5, 0.6) is 0 Å². The van der Waals surface area contributed by atoms with Crippen LogP contribution < -0.4 is 5.32 Å². The number of benzene rings is 2. The van der Waals surface area contributed by atoms with E-state index in [0.717, 1.165) is 6.07 Å². The van der Waals surface area contributed by atoms with Crippen LogP contribution in [-0.2, 0) is 4.79 Å². The van der Waals surface area contributed by atoms with E-state index in [0.29, 0.717) is 31.1 Å². The minimum atomic E-state index is -0.909. The largest absolute Gasteiger partial charge is 0.360 e. The van der Waals surface area contributed by atoms with Gasteiger partial charge in [0.15, 0.2) is 0 Å². The van der Waals surface area contributed by atoms with Gasteiger partial charge in [-0.1, -0.05) is 18.2 Å². The fourth-order valence-electron chi connectivity index (χ4n) is 3.75. The lowest BCUT2D eigenvalue weighted by Gasteiger charge is -2.16. The van der Waals surface area contributed by atoms with Gasteiger partial charge in [-0.2, -0.15) is 0 Å². The lowest BCUT2D eigenvalue weighted by Crippen LogP contribution is -2.36. The van der Waals surface area contributed by atoms with E-state index in [1.165, 1.54) is 6.20 Å². The third-order valence-corrected chi connectivity index (χ3v) is 5.29. The SMILES string of the molecule is O=C(NCC1CCN(C(=O)c2ccccc2)C1)C(=O)c1c[nH]c2cc(F)cc(F)c12. The Bertz CT molecular complexity index is 1130. The van der Waals surface area contributed by atoms with E-state index in [4.69, 9.17) is 0 Å². The normalized spacial score (nSPS) is 16.1. The zero-order chi connectivity index (χ0) is 21.3. The lowest BCUT2D eigenvalue weighted by atomic mass is 10.1. The molecular weight excluding hydrogens is 392 g/mol. The average molecular weight is 411 g/mol. The minimum Gasteiger partial charge on any atom is -0.360 e. The Kier molecular flexibility index (Phi) is 5.31. The third kappa shape index (κ3) is 3.80. The Balaban J connectivity index is 1.36. The maximum absolute atomic E-state index is 14.1. The molecule has 1 unspecified atom stereocenters. The number of hydrogen-bond acceptors (Lipinski definition) is 3. The summed E-state index contributed by atoms with van der Waals surface area (Å²) < 4.78 is 27.4. The van der Waals surface area contributed by atoms with Crippen molar-refractivity contribution in [3.63, 3.8) is 0 Å². The second kappa shape index (κ2) is 8.06. The fourth-order valence-corrected chi connectivity index (χ4v) is 3.75. The number of carbonyl (C=O) groups is 3. The van der Waals surface area contributed by atoms with Crippen molar-refractivity contribution in [3.05, 3.63) is 71.4 Å². The maximum Gasteiger partial charge on any atom is 0.292 e. The van der Waals surface area contributed by atoms with Crippen molar-refractivity contribution < 1.29 is 23.2 Å². The second-order valence-electron chi connectivity index (χ2n) is 7.32. The highest BCUT2D eigenvalue weighted by atomic mass is 19.1. The number of nitrogens with zero attached hydrogens (tertiary/aromatic N) is 1. The number of aromatic nitrogens is 1. The van der Waals surface area contributed by atoms with E-state index in [2.05, 4.69) is 10.3 Å². The number of fused-ring (bicyclic) bond motifs is 1. The van der Waals surface area contributed by atoms with Crippen molar-refractivity contribution in [3.8, 4) is 0 Å². The maximum atomic E-state index is 14.1. The van der Waals surface area contributed by atoms with Crippen LogP contribution in [0.4, 0.5) is 8.78 Å². The van der Waals surface area contributed by atoms with E-state index >= 15 is 0 Å². The van der Waals surface area contributed by atoms with E-state index in [1.54, 1.807) is 29.2 Å². The summed E-state index contributed by atoms with van der Waals surface area (Å²) in [6.07, 6.45) is 1.90. The third-order valence-electron chi connectivity index (χ3n) is 5.29. The van der Waals surface area contributed by atoms with Crippen molar-refractivity contribution in [2.45, 2.75) is 6.42 Å². The molecule has 1 aromatic heterocycles. The Morgan fingerprint density at radius 3 is 2.67 bits per heavy atom. The van der Waals surface area contributed by atoms with Crippen LogP contribution in [0.2, 0.25) is 0 Å². The molecule has 1 fully saturated rings. The molecular formula is C22H19F2N3O3. The average Bonchev–Trinajstić information content (AvgIpc) is 3.39. The first-order valence-corrected chi connectivity index (χ1v) is 9.57. The molecule has 1 saturated heterocycles. The van der Waals surface area contributed by atoms with Gasteiger partial charge in [-0.3, -0.25) is 14.4 Å². The Labute approximate surface area is 170 Å². The van der Waals surface area contributed by atoms with Crippen LogP contribution >= 0.6 is 0 Å². The van der Waals surface area contributed by atoms with Gasteiger partial charge >= 0.3 is 0 Å². The first-order valence-electron chi connectivity index (χ1n) is 9.57. The first kappa shape index (κ1) is 19.8.